The van der Waals surface area contributed by atoms with E-state index in [1.165, 1.54) is 6.07 Å². The van der Waals surface area contributed by atoms with E-state index >= 15 is 0 Å². The van der Waals surface area contributed by atoms with Crippen molar-refractivity contribution in [1.82, 2.24) is 4.72 Å². The van der Waals surface area contributed by atoms with E-state index in [1.54, 1.807) is 13.0 Å². The highest BCUT2D eigenvalue weighted by atomic mass is 79.9. The molecule has 20 heavy (non-hydrogen) atoms. The van der Waals surface area contributed by atoms with E-state index in [2.05, 4.69) is 20.7 Å². The van der Waals surface area contributed by atoms with Crippen molar-refractivity contribution in [1.29, 1.82) is 0 Å². The van der Waals surface area contributed by atoms with Crippen molar-refractivity contribution in [2.75, 3.05) is 12.3 Å². The zero-order chi connectivity index (χ0) is 15.5. The molecule has 0 amide bonds. The van der Waals surface area contributed by atoms with Crippen LogP contribution in [0.25, 0.3) is 0 Å². The summed E-state index contributed by atoms with van der Waals surface area (Å²) in [5.41, 5.74) is 6.70. The van der Waals surface area contributed by atoms with Gasteiger partial charge in [0, 0.05) is 16.2 Å². The summed E-state index contributed by atoms with van der Waals surface area (Å²) in [6.45, 7) is 5.41. The minimum Gasteiger partial charge on any atom is -0.398 e. The van der Waals surface area contributed by atoms with E-state index < -0.39 is 16.1 Å². The third-order valence-corrected chi connectivity index (χ3v) is 5.23. The summed E-state index contributed by atoms with van der Waals surface area (Å²) in [4.78, 5) is 0.139. The molecule has 0 aliphatic heterocycles. The highest BCUT2D eigenvalue weighted by Crippen LogP contribution is 2.26. The molecule has 5 nitrogen and oxygen atoms in total. The Bertz CT molecular complexity index is 573. The molecule has 1 aromatic carbocycles. The van der Waals surface area contributed by atoms with Crippen LogP contribution in [0.5, 0.6) is 0 Å². The molecule has 1 atom stereocenters. The van der Waals surface area contributed by atoms with Crippen molar-refractivity contribution in [3.05, 3.63) is 22.2 Å². The lowest BCUT2D eigenvalue weighted by atomic mass is 10.1. The maximum Gasteiger partial charge on any atom is 0.241 e. The molecule has 4 N–H and O–H groups in total. The molecule has 0 bridgehead atoms. The molecule has 0 fully saturated rings. The lowest BCUT2D eigenvalue weighted by Gasteiger charge is -2.19. The number of hydrogen-bond donors (Lipinski definition) is 3. The number of aliphatic hydroxyl groups is 1. The fourth-order valence-electron chi connectivity index (χ4n) is 1.97. The molecule has 1 aromatic rings. The smallest absolute Gasteiger partial charge is 0.241 e. The minimum absolute atomic E-state index is 0.139. The van der Waals surface area contributed by atoms with Crippen LogP contribution in [-0.4, -0.2) is 26.2 Å². The van der Waals surface area contributed by atoms with Gasteiger partial charge in [-0.15, -0.1) is 0 Å². The standard InChI is InChI=1S/C13H21BrN2O3S/c1-8(2)4-10(7-17)16-20(18,19)13-6-12(15)11(14)5-9(13)3/h5-6,8,10,16-17H,4,7,15H2,1-3H3. The molecule has 0 spiro atoms. The first-order chi connectivity index (χ1) is 9.17. The van der Waals surface area contributed by atoms with Gasteiger partial charge in [-0.25, -0.2) is 13.1 Å². The van der Waals surface area contributed by atoms with E-state index in [0.717, 1.165) is 0 Å². The fraction of sp³-hybridized carbons (Fsp3) is 0.538. The van der Waals surface area contributed by atoms with Crippen LogP contribution in [-0.2, 0) is 10.0 Å². The zero-order valence-electron chi connectivity index (χ0n) is 11.9. The second-order valence-corrected chi connectivity index (χ2v) is 7.81. The average molecular weight is 365 g/mol. The maximum absolute atomic E-state index is 12.4. The first kappa shape index (κ1) is 17.4. The molecule has 0 aliphatic carbocycles. The van der Waals surface area contributed by atoms with Gasteiger partial charge in [-0.1, -0.05) is 13.8 Å². The van der Waals surface area contributed by atoms with Gasteiger partial charge >= 0.3 is 0 Å². The quantitative estimate of drug-likeness (QED) is 0.673. The fourth-order valence-corrected chi connectivity index (χ4v) is 3.93. The van der Waals surface area contributed by atoms with Gasteiger partial charge in [-0.2, -0.15) is 0 Å². The van der Waals surface area contributed by atoms with Crippen LogP contribution in [0.1, 0.15) is 25.8 Å². The highest BCUT2D eigenvalue weighted by Gasteiger charge is 2.22. The molecule has 0 radical (unpaired) electrons. The predicted octanol–water partition coefficient (Wildman–Crippen LogP) is 2.03. The summed E-state index contributed by atoms with van der Waals surface area (Å²) in [5, 5.41) is 9.29. The second kappa shape index (κ2) is 6.89. The monoisotopic (exact) mass is 364 g/mol. The van der Waals surface area contributed by atoms with E-state index in [9.17, 15) is 13.5 Å². The number of benzene rings is 1. The number of hydrogen-bond acceptors (Lipinski definition) is 4. The molecular formula is C13H21BrN2O3S. The number of sulfonamides is 1. The van der Waals surface area contributed by atoms with Crippen molar-refractivity contribution < 1.29 is 13.5 Å². The zero-order valence-corrected chi connectivity index (χ0v) is 14.3. The largest absolute Gasteiger partial charge is 0.398 e. The van der Waals surface area contributed by atoms with E-state index in [4.69, 9.17) is 5.73 Å². The molecular weight excluding hydrogens is 344 g/mol. The maximum atomic E-state index is 12.4. The lowest BCUT2D eigenvalue weighted by molar-refractivity contribution is 0.240. The Balaban J connectivity index is 3.08. The van der Waals surface area contributed by atoms with E-state index in [0.29, 0.717) is 22.1 Å². The van der Waals surface area contributed by atoms with Crippen molar-refractivity contribution in [2.24, 2.45) is 5.92 Å². The Morgan fingerprint density at radius 3 is 2.50 bits per heavy atom. The second-order valence-electron chi connectivity index (χ2n) is 5.27. The molecule has 0 heterocycles. The summed E-state index contributed by atoms with van der Waals surface area (Å²) in [7, 11) is -3.70. The van der Waals surface area contributed by atoms with Crippen molar-refractivity contribution >= 4 is 31.6 Å². The SMILES string of the molecule is Cc1cc(Br)c(N)cc1S(=O)(=O)NC(CO)CC(C)C. The number of nitrogens with one attached hydrogen (secondary N) is 1. The molecule has 0 saturated carbocycles. The first-order valence-electron chi connectivity index (χ1n) is 6.36. The summed E-state index contributed by atoms with van der Waals surface area (Å²) < 4.78 is 27.9. The van der Waals surface area contributed by atoms with Gasteiger partial charge in [0.15, 0.2) is 0 Å². The third kappa shape index (κ3) is 4.44. The average Bonchev–Trinajstić information content (AvgIpc) is 2.31. The van der Waals surface area contributed by atoms with Crippen LogP contribution in [0, 0.1) is 12.8 Å². The number of aryl methyl sites for hydroxylation is 1. The Morgan fingerprint density at radius 2 is 2.00 bits per heavy atom. The number of nitrogen functional groups attached to an aromatic ring is 1. The van der Waals surface area contributed by atoms with Gasteiger partial charge in [0.1, 0.15) is 0 Å². The molecule has 1 rings (SSSR count). The van der Waals surface area contributed by atoms with Crippen LogP contribution < -0.4 is 10.5 Å². The van der Waals surface area contributed by atoms with Gasteiger partial charge in [0.25, 0.3) is 0 Å². The normalized spacial score (nSPS) is 13.7. The summed E-state index contributed by atoms with van der Waals surface area (Å²) in [5.74, 6) is 0.283. The van der Waals surface area contributed by atoms with Crippen LogP contribution in [0.15, 0.2) is 21.5 Å². The van der Waals surface area contributed by atoms with E-state index in [1.807, 2.05) is 13.8 Å². The van der Waals surface area contributed by atoms with Crippen molar-refractivity contribution in [3.8, 4) is 0 Å². The molecule has 114 valence electrons. The summed E-state index contributed by atoms with van der Waals surface area (Å²) in [6.07, 6.45) is 0.570. The topological polar surface area (TPSA) is 92.4 Å². The molecule has 7 heteroatoms. The van der Waals surface area contributed by atoms with E-state index in [-0.39, 0.29) is 17.4 Å². The van der Waals surface area contributed by atoms with Crippen LogP contribution >= 0.6 is 15.9 Å². The summed E-state index contributed by atoms with van der Waals surface area (Å²) >= 11 is 3.26. The number of nitrogens with two attached hydrogens (primary N) is 1. The van der Waals surface area contributed by atoms with Gasteiger partial charge in [-0.3, -0.25) is 0 Å². The molecule has 0 saturated heterocycles. The molecule has 0 aliphatic rings. The summed E-state index contributed by atoms with van der Waals surface area (Å²) in [6, 6.07) is 2.59. The van der Waals surface area contributed by atoms with Crippen molar-refractivity contribution in [2.45, 2.75) is 38.1 Å². The van der Waals surface area contributed by atoms with Gasteiger partial charge in [0.05, 0.1) is 11.5 Å². The van der Waals surface area contributed by atoms with Crippen LogP contribution in [0.4, 0.5) is 5.69 Å². The number of rotatable bonds is 6. The number of halogens is 1. The van der Waals surface area contributed by atoms with Gasteiger partial charge < -0.3 is 10.8 Å². The predicted molar refractivity (Wildman–Crippen MR) is 83.9 cm³/mol. The molecule has 0 aromatic heterocycles. The Hall–Kier alpha value is -0.630. The Morgan fingerprint density at radius 1 is 1.40 bits per heavy atom. The third-order valence-electron chi connectivity index (χ3n) is 2.88. The van der Waals surface area contributed by atoms with Gasteiger partial charge in [-0.05, 0) is 52.9 Å². The number of aliphatic hydroxyl groups excluding tert-OH is 1. The first-order valence-corrected chi connectivity index (χ1v) is 8.63. The van der Waals surface area contributed by atoms with Crippen LogP contribution in [0.3, 0.4) is 0 Å². The van der Waals surface area contributed by atoms with Gasteiger partial charge in [0.2, 0.25) is 10.0 Å². The minimum atomic E-state index is -3.70. The lowest BCUT2D eigenvalue weighted by Crippen LogP contribution is -2.38. The molecule has 1 unspecified atom stereocenters. The Labute approximate surface area is 128 Å². The number of anilines is 1. The highest BCUT2D eigenvalue weighted by molar-refractivity contribution is 9.10. The van der Waals surface area contributed by atoms with Crippen molar-refractivity contribution in [3.63, 3.8) is 0 Å². The Kier molecular flexibility index (Phi) is 6.00. The van der Waals surface area contributed by atoms with Crippen LogP contribution in [0.2, 0.25) is 0 Å².